The highest BCUT2D eigenvalue weighted by Crippen LogP contribution is 2.24. The van der Waals surface area contributed by atoms with E-state index < -0.39 is 5.97 Å². The van der Waals surface area contributed by atoms with Gasteiger partial charge in [-0.05, 0) is 54.3 Å². The summed E-state index contributed by atoms with van der Waals surface area (Å²) in [5, 5.41) is 0. The van der Waals surface area contributed by atoms with E-state index in [2.05, 4.69) is 20.8 Å². The topological polar surface area (TPSA) is 65.7 Å². The molecule has 156 valence electrons. The molecule has 3 aromatic rings. The Hall–Kier alpha value is -3.34. The van der Waals surface area contributed by atoms with E-state index >= 15 is 0 Å². The number of ether oxygens (including phenoxy) is 2. The first-order chi connectivity index (χ1) is 14.3. The first-order valence-electron chi connectivity index (χ1n) is 9.92. The van der Waals surface area contributed by atoms with Crippen molar-refractivity contribution in [2.45, 2.75) is 39.7 Å². The number of carbonyl (C=O) groups excluding carboxylic acids is 2. The zero-order valence-electron chi connectivity index (χ0n) is 17.7. The lowest BCUT2D eigenvalue weighted by atomic mass is 9.87. The molecule has 0 unspecified atom stereocenters. The van der Waals surface area contributed by atoms with Gasteiger partial charge in [0.2, 0.25) is 0 Å². The highest BCUT2D eigenvalue weighted by atomic mass is 16.5. The second kappa shape index (κ2) is 8.99. The third kappa shape index (κ3) is 5.17. The molecule has 1 heterocycles. The van der Waals surface area contributed by atoms with Gasteiger partial charge in [-0.25, -0.2) is 9.59 Å². The van der Waals surface area contributed by atoms with Gasteiger partial charge in [0.15, 0.2) is 0 Å². The molecule has 3 rings (SSSR count). The van der Waals surface area contributed by atoms with Gasteiger partial charge >= 0.3 is 11.9 Å². The first-order valence-corrected chi connectivity index (χ1v) is 9.92. The smallest absolute Gasteiger partial charge is 0.338 e. The monoisotopic (exact) mass is 406 g/mol. The average molecular weight is 406 g/mol. The van der Waals surface area contributed by atoms with Crippen molar-refractivity contribution in [3.05, 3.63) is 83.1 Å². The molecule has 0 radical (unpaired) electrons. The van der Waals surface area contributed by atoms with E-state index in [0.29, 0.717) is 29.3 Å². The van der Waals surface area contributed by atoms with Crippen molar-refractivity contribution in [2.24, 2.45) is 0 Å². The molecule has 5 heteroatoms. The lowest BCUT2D eigenvalue weighted by Crippen LogP contribution is -2.11. The van der Waals surface area contributed by atoms with Crippen LogP contribution in [0.15, 0.2) is 65.1 Å². The quantitative estimate of drug-likeness (QED) is 0.486. The van der Waals surface area contributed by atoms with Gasteiger partial charge in [0, 0.05) is 5.56 Å². The summed E-state index contributed by atoms with van der Waals surface area (Å²) in [7, 11) is 0. The number of rotatable bonds is 6. The third-order valence-electron chi connectivity index (χ3n) is 4.67. The zero-order valence-corrected chi connectivity index (χ0v) is 17.7. The number of hydrogen-bond donors (Lipinski definition) is 0. The molecule has 2 aromatic carbocycles. The van der Waals surface area contributed by atoms with Crippen molar-refractivity contribution in [1.29, 1.82) is 0 Å². The molecule has 0 aliphatic carbocycles. The van der Waals surface area contributed by atoms with E-state index in [-0.39, 0.29) is 18.0 Å². The maximum atomic E-state index is 12.3. The summed E-state index contributed by atoms with van der Waals surface area (Å²) in [6.07, 6.45) is 0. The largest absolute Gasteiger partial charge is 0.462 e. The molecule has 0 saturated carbocycles. The zero-order chi connectivity index (χ0) is 21.7. The predicted molar refractivity (Wildman–Crippen MR) is 114 cm³/mol. The lowest BCUT2D eigenvalue weighted by Gasteiger charge is -2.18. The average Bonchev–Trinajstić information content (AvgIpc) is 3.21. The fourth-order valence-electron chi connectivity index (χ4n) is 2.92. The maximum absolute atomic E-state index is 12.3. The van der Waals surface area contributed by atoms with E-state index in [9.17, 15) is 9.59 Å². The Morgan fingerprint density at radius 2 is 1.37 bits per heavy atom. The second-order valence-electron chi connectivity index (χ2n) is 7.97. The summed E-state index contributed by atoms with van der Waals surface area (Å²) in [4.78, 5) is 24.0. The van der Waals surface area contributed by atoms with E-state index in [1.807, 2.05) is 12.1 Å². The minimum atomic E-state index is -0.396. The van der Waals surface area contributed by atoms with Gasteiger partial charge in [-0.1, -0.05) is 45.0 Å². The third-order valence-corrected chi connectivity index (χ3v) is 4.67. The number of benzene rings is 2. The van der Waals surface area contributed by atoms with Crippen LogP contribution in [0.5, 0.6) is 0 Å². The number of carbonyl (C=O) groups is 2. The van der Waals surface area contributed by atoms with Crippen LogP contribution in [-0.4, -0.2) is 18.5 Å². The lowest BCUT2D eigenvalue weighted by molar-refractivity contribution is 0.0445. The molecule has 0 spiro atoms. The van der Waals surface area contributed by atoms with E-state index in [4.69, 9.17) is 13.9 Å². The molecule has 0 atom stereocenters. The predicted octanol–water partition coefficient (Wildman–Crippen LogP) is 5.78. The molecule has 0 aliphatic heterocycles. The van der Waals surface area contributed by atoms with Crippen molar-refractivity contribution < 1.29 is 23.5 Å². The van der Waals surface area contributed by atoms with Crippen molar-refractivity contribution in [3.63, 3.8) is 0 Å². The summed E-state index contributed by atoms with van der Waals surface area (Å²) < 4.78 is 16.1. The molecular formula is C25H26O5. The molecule has 0 N–H and O–H groups in total. The highest BCUT2D eigenvalue weighted by Gasteiger charge is 2.15. The number of esters is 2. The van der Waals surface area contributed by atoms with Crippen molar-refractivity contribution >= 4 is 11.9 Å². The van der Waals surface area contributed by atoms with Gasteiger partial charge in [-0.3, -0.25) is 0 Å². The molecule has 0 amide bonds. The first kappa shape index (κ1) is 21.4. The Morgan fingerprint density at radius 1 is 0.800 bits per heavy atom. The standard InChI is InChI=1S/C25H26O5/c1-5-28-23(26)18-8-6-17(7-9-18)22-15-14-21(30-22)16-29-24(27)19-10-12-20(13-11-19)25(2,3)4/h6-15H,5,16H2,1-4H3. The molecule has 30 heavy (non-hydrogen) atoms. The number of hydrogen-bond acceptors (Lipinski definition) is 5. The molecule has 0 bridgehead atoms. The van der Waals surface area contributed by atoms with Gasteiger partial charge in [0.05, 0.1) is 17.7 Å². The fourth-order valence-corrected chi connectivity index (χ4v) is 2.92. The van der Waals surface area contributed by atoms with Gasteiger partial charge in [-0.2, -0.15) is 0 Å². The second-order valence-corrected chi connectivity index (χ2v) is 7.97. The molecule has 1 aromatic heterocycles. The van der Waals surface area contributed by atoms with Crippen LogP contribution in [0.3, 0.4) is 0 Å². The molecule has 5 nitrogen and oxygen atoms in total. The Balaban J connectivity index is 1.60. The summed E-state index contributed by atoms with van der Waals surface area (Å²) in [6, 6.07) is 18.0. The summed E-state index contributed by atoms with van der Waals surface area (Å²) in [5.41, 5.74) is 2.99. The highest BCUT2D eigenvalue weighted by molar-refractivity contribution is 5.90. The maximum Gasteiger partial charge on any atom is 0.338 e. The fraction of sp³-hybridized carbons (Fsp3) is 0.280. The van der Waals surface area contributed by atoms with Crippen LogP contribution in [0.2, 0.25) is 0 Å². The summed E-state index contributed by atoms with van der Waals surface area (Å²) in [5.74, 6) is 0.420. The van der Waals surface area contributed by atoms with Crippen LogP contribution in [-0.2, 0) is 21.5 Å². The Bertz CT molecular complexity index is 1000. The van der Waals surface area contributed by atoms with Crippen molar-refractivity contribution in [3.8, 4) is 11.3 Å². The molecule has 0 fully saturated rings. The van der Waals surface area contributed by atoms with E-state index in [1.54, 1.807) is 55.5 Å². The van der Waals surface area contributed by atoms with E-state index in [1.165, 1.54) is 0 Å². The summed E-state index contributed by atoms with van der Waals surface area (Å²) >= 11 is 0. The van der Waals surface area contributed by atoms with Crippen LogP contribution in [0.4, 0.5) is 0 Å². The number of furan rings is 1. The minimum absolute atomic E-state index is 0.0293. The summed E-state index contributed by atoms with van der Waals surface area (Å²) in [6.45, 7) is 8.52. The van der Waals surface area contributed by atoms with Gasteiger partial charge in [0.1, 0.15) is 18.1 Å². The van der Waals surface area contributed by atoms with Crippen LogP contribution in [0.1, 0.15) is 59.7 Å². The van der Waals surface area contributed by atoms with Crippen LogP contribution in [0.25, 0.3) is 11.3 Å². The van der Waals surface area contributed by atoms with Crippen molar-refractivity contribution in [1.82, 2.24) is 0 Å². The van der Waals surface area contributed by atoms with Gasteiger partial charge in [-0.15, -0.1) is 0 Å². The van der Waals surface area contributed by atoms with Gasteiger partial charge < -0.3 is 13.9 Å². The SMILES string of the molecule is CCOC(=O)c1ccc(-c2ccc(COC(=O)c3ccc(C(C)(C)C)cc3)o2)cc1. The molecule has 0 saturated heterocycles. The molecule has 0 aliphatic rings. The minimum Gasteiger partial charge on any atom is -0.462 e. The Kier molecular flexibility index (Phi) is 6.40. The Labute approximate surface area is 176 Å². The van der Waals surface area contributed by atoms with Gasteiger partial charge in [0.25, 0.3) is 0 Å². The van der Waals surface area contributed by atoms with E-state index in [0.717, 1.165) is 11.1 Å². The van der Waals surface area contributed by atoms with Crippen LogP contribution >= 0.6 is 0 Å². The van der Waals surface area contributed by atoms with Crippen LogP contribution < -0.4 is 0 Å². The van der Waals surface area contributed by atoms with Crippen LogP contribution in [0, 0.1) is 0 Å². The molecular weight excluding hydrogens is 380 g/mol. The van der Waals surface area contributed by atoms with Crippen molar-refractivity contribution in [2.75, 3.05) is 6.61 Å². The normalized spacial score (nSPS) is 11.2. The Morgan fingerprint density at radius 3 is 1.93 bits per heavy atom.